The van der Waals surface area contributed by atoms with E-state index >= 15 is 0 Å². The molecule has 0 saturated heterocycles. The van der Waals surface area contributed by atoms with Crippen LogP contribution in [0.5, 0.6) is 5.75 Å². The Morgan fingerprint density at radius 1 is 1.03 bits per heavy atom. The lowest BCUT2D eigenvalue weighted by molar-refractivity contribution is -0.121. The Bertz CT molecular complexity index is 1350. The first-order valence-electron chi connectivity index (χ1n) is 11.1. The number of rotatable bonds is 7. The minimum absolute atomic E-state index is 0.0121. The molecule has 4 rings (SSSR count). The summed E-state index contributed by atoms with van der Waals surface area (Å²) in [5, 5.41) is 0. The topological polar surface area (TPSA) is 102 Å². The average molecular weight is 495 g/mol. The molecule has 8 nitrogen and oxygen atoms in total. The van der Waals surface area contributed by atoms with E-state index in [4.69, 9.17) is 9.47 Å². The molecule has 0 aliphatic carbocycles. The Labute approximate surface area is 204 Å². The lowest BCUT2D eigenvalue weighted by atomic mass is 10.0. The first kappa shape index (κ1) is 24.3. The van der Waals surface area contributed by atoms with Crippen LogP contribution in [0, 0.1) is 6.92 Å². The Balaban J connectivity index is 1.49. The van der Waals surface area contributed by atoms with Crippen LogP contribution in [-0.4, -0.2) is 40.6 Å². The zero-order chi connectivity index (χ0) is 25.0. The fourth-order valence-corrected chi connectivity index (χ4v) is 5.18. The summed E-state index contributed by atoms with van der Waals surface area (Å²) < 4.78 is 39.0. The Kier molecular flexibility index (Phi) is 7.07. The van der Waals surface area contributed by atoms with Gasteiger partial charge in [-0.3, -0.25) is 9.52 Å². The maximum atomic E-state index is 13.0. The average Bonchev–Trinajstić information content (AvgIpc) is 2.87. The number of fused-ring (bicyclic) bond motifs is 1. The Morgan fingerprint density at radius 2 is 1.77 bits per heavy atom. The van der Waals surface area contributed by atoms with Gasteiger partial charge in [0.25, 0.3) is 15.9 Å². The number of aryl methyl sites for hydroxylation is 2. The summed E-state index contributed by atoms with van der Waals surface area (Å²) >= 11 is 0. The predicted molar refractivity (Wildman–Crippen MR) is 132 cm³/mol. The summed E-state index contributed by atoms with van der Waals surface area (Å²) in [7, 11) is -2.72. The molecule has 35 heavy (non-hydrogen) atoms. The van der Waals surface area contributed by atoms with Crippen LogP contribution in [0.3, 0.4) is 0 Å². The highest BCUT2D eigenvalue weighted by Gasteiger charge is 2.25. The third-order valence-corrected chi connectivity index (χ3v) is 7.13. The number of benzene rings is 3. The molecule has 182 valence electrons. The van der Waals surface area contributed by atoms with Gasteiger partial charge in [0.2, 0.25) is 0 Å². The molecule has 0 radical (unpaired) electrons. The number of esters is 1. The summed E-state index contributed by atoms with van der Waals surface area (Å²) in [5.74, 6) is -1.08. The molecule has 9 heteroatoms. The van der Waals surface area contributed by atoms with E-state index < -0.39 is 22.6 Å². The van der Waals surface area contributed by atoms with Crippen molar-refractivity contribution in [3.63, 3.8) is 0 Å². The first-order chi connectivity index (χ1) is 16.8. The maximum Gasteiger partial charge on any atom is 0.338 e. The molecule has 1 aliphatic rings. The normalized spacial score (nSPS) is 13.0. The summed E-state index contributed by atoms with van der Waals surface area (Å²) in [6, 6.07) is 18.4. The van der Waals surface area contributed by atoms with Gasteiger partial charge in [0.1, 0.15) is 10.6 Å². The van der Waals surface area contributed by atoms with E-state index in [0.717, 1.165) is 29.7 Å². The SMILES string of the molecule is COc1ccc(C(=O)OCC(=O)N2CCCc3ccccc32)cc1S(=O)(=O)Nc1ccc(C)cc1. The minimum atomic E-state index is -4.06. The van der Waals surface area contributed by atoms with Gasteiger partial charge in [-0.05, 0) is 61.7 Å². The van der Waals surface area contributed by atoms with E-state index in [1.807, 2.05) is 31.2 Å². The van der Waals surface area contributed by atoms with Crippen molar-refractivity contribution in [2.75, 3.05) is 29.9 Å². The van der Waals surface area contributed by atoms with Crippen LogP contribution in [-0.2, 0) is 26.0 Å². The Morgan fingerprint density at radius 3 is 2.51 bits per heavy atom. The molecule has 1 N–H and O–H groups in total. The van der Waals surface area contributed by atoms with E-state index in [1.165, 1.54) is 25.3 Å². The highest BCUT2D eigenvalue weighted by Crippen LogP contribution is 2.28. The third kappa shape index (κ3) is 5.46. The molecule has 0 bridgehead atoms. The number of sulfonamides is 1. The number of anilines is 2. The van der Waals surface area contributed by atoms with E-state index in [0.29, 0.717) is 12.2 Å². The monoisotopic (exact) mass is 494 g/mol. The lowest BCUT2D eigenvalue weighted by Gasteiger charge is -2.29. The van der Waals surface area contributed by atoms with Gasteiger partial charge in [0.05, 0.1) is 12.7 Å². The number of para-hydroxylation sites is 1. The largest absolute Gasteiger partial charge is 0.495 e. The standard InChI is InChI=1S/C26H26N2O6S/c1-18-9-12-21(13-10-18)27-35(31,32)24-16-20(11-14-23(24)33-2)26(30)34-17-25(29)28-15-5-7-19-6-3-4-8-22(19)28/h3-4,6,8-14,16,27H,5,7,15,17H2,1-2H3. The molecule has 3 aromatic rings. The van der Waals surface area contributed by atoms with Crippen molar-refractivity contribution in [2.24, 2.45) is 0 Å². The third-order valence-electron chi connectivity index (χ3n) is 5.73. The molecule has 3 aromatic carbocycles. The summed E-state index contributed by atoms with van der Waals surface area (Å²) in [6.07, 6.45) is 1.71. The van der Waals surface area contributed by atoms with Crippen LogP contribution in [0.1, 0.15) is 27.9 Å². The minimum Gasteiger partial charge on any atom is -0.495 e. The fourth-order valence-electron chi connectivity index (χ4n) is 3.93. The number of hydrogen-bond acceptors (Lipinski definition) is 6. The molecule has 1 aliphatic heterocycles. The van der Waals surface area contributed by atoms with Crippen LogP contribution >= 0.6 is 0 Å². The van der Waals surface area contributed by atoms with Crippen LogP contribution in [0.4, 0.5) is 11.4 Å². The number of amides is 1. The van der Waals surface area contributed by atoms with Crippen molar-refractivity contribution in [1.82, 2.24) is 0 Å². The van der Waals surface area contributed by atoms with Crippen LogP contribution in [0.2, 0.25) is 0 Å². The van der Waals surface area contributed by atoms with Gasteiger partial charge in [0.15, 0.2) is 6.61 Å². The second-order valence-corrected chi connectivity index (χ2v) is 9.84. The van der Waals surface area contributed by atoms with Gasteiger partial charge in [-0.15, -0.1) is 0 Å². The number of carbonyl (C=O) groups excluding carboxylic acids is 2. The number of hydrogen-bond donors (Lipinski definition) is 1. The smallest absolute Gasteiger partial charge is 0.338 e. The summed E-state index contributed by atoms with van der Waals surface area (Å²) in [5.41, 5.74) is 3.24. The molecular weight excluding hydrogens is 468 g/mol. The molecule has 0 fully saturated rings. The molecule has 0 aromatic heterocycles. The zero-order valence-corrected chi connectivity index (χ0v) is 20.3. The van der Waals surface area contributed by atoms with Gasteiger partial charge < -0.3 is 14.4 Å². The number of nitrogens with zero attached hydrogens (tertiary/aromatic N) is 1. The van der Waals surface area contributed by atoms with Crippen LogP contribution < -0.4 is 14.4 Å². The van der Waals surface area contributed by atoms with E-state index in [2.05, 4.69) is 4.72 Å². The van der Waals surface area contributed by atoms with Gasteiger partial charge in [-0.25, -0.2) is 13.2 Å². The highest BCUT2D eigenvalue weighted by molar-refractivity contribution is 7.92. The quantitative estimate of drug-likeness (QED) is 0.499. The van der Waals surface area contributed by atoms with Crippen LogP contribution in [0.25, 0.3) is 0 Å². The molecule has 0 unspecified atom stereocenters. The van der Waals surface area contributed by atoms with Crippen molar-refractivity contribution in [2.45, 2.75) is 24.7 Å². The number of methoxy groups -OCH3 is 1. The molecule has 0 atom stereocenters. The molecule has 0 saturated carbocycles. The highest BCUT2D eigenvalue weighted by atomic mass is 32.2. The summed E-state index contributed by atoms with van der Waals surface area (Å²) in [6.45, 7) is 1.98. The predicted octanol–water partition coefficient (Wildman–Crippen LogP) is 3.94. The first-order valence-corrected chi connectivity index (χ1v) is 12.6. The second kappa shape index (κ2) is 10.2. The molecular formula is C26H26N2O6S. The van der Waals surface area contributed by atoms with Gasteiger partial charge in [0, 0.05) is 17.9 Å². The number of ether oxygens (including phenoxy) is 2. The van der Waals surface area contributed by atoms with Crippen molar-refractivity contribution in [1.29, 1.82) is 0 Å². The van der Waals surface area contributed by atoms with Crippen molar-refractivity contribution < 1.29 is 27.5 Å². The van der Waals surface area contributed by atoms with Gasteiger partial charge >= 0.3 is 5.97 Å². The molecule has 0 spiro atoms. The summed E-state index contributed by atoms with van der Waals surface area (Å²) in [4.78, 5) is 26.9. The van der Waals surface area contributed by atoms with E-state index in [9.17, 15) is 18.0 Å². The molecule has 1 amide bonds. The maximum absolute atomic E-state index is 13.0. The van der Waals surface area contributed by atoms with Crippen LogP contribution in [0.15, 0.2) is 71.6 Å². The van der Waals surface area contributed by atoms with Crippen molar-refractivity contribution >= 4 is 33.3 Å². The van der Waals surface area contributed by atoms with E-state index in [-0.39, 0.29) is 22.1 Å². The Hall–Kier alpha value is -3.85. The fraction of sp³-hybridized carbons (Fsp3) is 0.231. The number of nitrogens with one attached hydrogen (secondary N) is 1. The van der Waals surface area contributed by atoms with Crippen molar-refractivity contribution in [3.05, 3.63) is 83.4 Å². The van der Waals surface area contributed by atoms with Crippen molar-refractivity contribution in [3.8, 4) is 5.75 Å². The van der Waals surface area contributed by atoms with Gasteiger partial charge in [-0.2, -0.15) is 0 Å². The second-order valence-electron chi connectivity index (χ2n) is 8.19. The van der Waals surface area contributed by atoms with Gasteiger partial charge in [-0.1, -0.05) is 35.9 Å². The zero-order valence-electron chi connectivity index (χ0n) is 19.5. The van der Waals surface area contributed by atoms with E-state index in [1.54, 1.807) is 29.2 Å². The number of carbonyl (C=O) groups is 2. The lowest BCUT2D eigenvalue weighted by Crippen LogP contribution is -2.38. The molecule has 1 heterocycles.